The molecule has 1 aromatic carbocycles. The molecule has 4 heteroatoms. The van der Waals surface area contributed by atoms with Gasteiger partial charge in [0.2, 0.25) is 0 Å². The monoisotopic (exact) mass is 312 g/mol. The number of thioether (sulfide) groups is 1. The summed E-state index contributed by atoms with van der Waals surface area (Å²) < 4.78 is 13.6. The smallest absolute Gasteiger partial charge is 0.123 e. The maximum Gasteiger partial charge on any atom is 0.123 e. The van der Waals surface area contributed by atoms with E-state index in [4.69, 9.17) is 0 Å². The molecule has 0 spiro atoms. The lowest BCUT2D eigenvalue weighted by Crippen LogP contribution is -2.34. The Balaban J connectivity index is 2.88. The van der Waals surface area contributed by atoms with Crippen molar-refractivity contribution in [2.75, 3.05) is 30.5 Å². The highest BCUT2D eigenvalue weighted by Crippen LogP contribution is 2.24. The molecule has 0 aromatic heterocycles. The fourth-order valence-electron chi connectivity index (χ4n) is 2.43. The van der Waals surface area contributed by atoms with Gasteiger partial charge >= 0.3 is 0 Å². The predicted molar refractivity (Wildman–Crippen MR) is 93.8 cm³/mol. The number of halogens is 1. The van der Waals surface area contributed by atoms with Crippen LogP contribution in [0.1, 0.15) is 32.8 Å². The maximum absolute atomic E-state index is 13.6. The molecule has 1 atom stereocenters. The molecule has 1 unspecified atom stereocenters. The summed E-state index contributed by atoms with van der Waals surface area (Å²) >= 11 is 1.86. The van der Waals surface area contributed by atoms with Gasteiger partial charge in [0, 0.05) is 31.1 Å². The Hall–Kier alpha value is -0.740. The van der Waals surface area contributed by atoms with Crippen LogP contribution in [0.5, 0.6) is 0 Å². The summed E-state index contributed by atoms with van der Waals surface area (Å²) in [4.78, 5) is 2.29. The zero-order valence-electron chi connectivity index (χ0n) is 13.9. The van der Waals surface area contributed by atoms with Crippen molar-refractivity contribution in [1.29, 1.82) is 0 Å². The van der Waals surface area contributed by atoms with Crippen LogP contribution in [0.25, 0.3) is 0 Å². The van der Waals surface area contributed by atoms with E-state index in [2.05, 4.69) is 44.3 Å². The zero-order valence-corrected chi connectivity index (χ0v) is 14.8. The molecule has 0 saturated carbocycles. The van der Waals surface area contributed by atoms with Crippen LogP contribution in [0.15, 0.2) is 18.2 Å². The highest BCUT2D eigenvalue weighted by Gasteiger charge is 2.16. The molecule has 1 rings (SSSR count). The first kappa shape index (κ1) is 18.3. The van der Waals surface area contributed by atoms with Crippen LogP contribution < -0.4 is 10.2 Å². The second kappa shape index (κ2) is 9.31. The van der Waals surface area contributed by atoms with Crippen molar-refractivity contribution >= 4 is 17.4 Å². The molecule has 1 aromatic rings. The molecule has 0 radical (unpaired) electrons. The first-order valence-corrected chi connectivity index (χ1v) is 9.09. The summed E-state index contributed by atoms with van der Waals surface area (Å²) in [5.74, 6) is 1.52. The van der Waals surface area contributed by atoms with E-state index < -0.39 is 0 Å². The molecule has 120 valence electrons. The standard InChI is InChI=1S/C17H29FN2S/c1-6-16(12-21-5)20(4)17-8-7-15(18)9-14(17)11-19-10-13(2)3/h7-9,13,16,19H,6,10-12H2,1-5H3. The Kier molecular flexibility index (Phi) is 8.12. The molecule has 0 amide bonds. The number of rotatable bonds is 9. The molecule has 0 aliphatic carbocycles. The number of benzene rings is 1. The van der Waals surface area contributed by atoms with Crippen molar-refractivity contribution < 1.29 is 4.39 Å². The average Bonchev–Trinajstić information content (AvgIpc) is 2.44. The van der Waals surface area contributed by atoms with Crippen molar-refractivity contribution in [1.82, 2.24) is 5.32 Å². The average molecular weight is 312 g/mol. The van der Waals surface area contributed by atoms with E-state index in [1.165, 1.54) is 0 Å². The zero-order chi connectivity index (χ0) is 15.8. The third kappa shape index (κ3) is 5.87. The molecule has 0 saturated heterocycles. The number of hydrogen-bond acceptors (Lipinski definition) is 3. The first-order chi connectivity index (χ1) is 9.99. The Morgan fingerprint density at radius 2 is 2.05 bits per heavy atom. The molecular formula is C17H29FN2S. The third-order valence-corrected chi connectivity index (χ3v) is 4.39. The van der Waals surface area contributed by atoms with Crippen molar-refractivity contribution in [2.45, 2.75) is 39.8 Å². The van der Waals surface area contributed by atoms with Crippen molar-refractivity contribution in [2.24, 2.45) is 5.92 Å². The predicted octanol–water partition coefficient (Wildman–Crippen LogP) is 4.15. The Morgan fingerprint density at radius 1 is 1.33 bits per heavy atom. The van der Waals surface area contributed by atoms with Gasteiger partial charge in [-0.3, -0.25) is 0 Å². The van der Waals surface area contributed by atoms with Gasteiger partial charge in [0.15, 0.2) is 0 Å². The lowest BCUT2D eigenvalue weighted by molar-refractivity contribution is 0.548. The molecule has 0 aliphatic rings. The minimum absolute atomic E-state index is 0.161. The van der Waals surface area contributed by atoms with E-state index >= 15 is 0 Å². The van der Waals surface area contributed by atoms with E-state index in [9.17, 15) is 4.39 Å². The second-order valence-corrected chi connectivity index (χ2v) is 6.84. The molecule has 1 N–H and O–H groups in total. The Bertz CT molecular complexity index is 423. The fraction of sp³-hybridized carbons (Fsp3) is 0.647. The van der Waals surface area contributed by atoms with Crippen LogP contribution in [0, 0.1) is 11.7 Å². The third-order valence-electron chi connectivity index (χ3n) is 3.67. The summed E-state index contributed by atoms with van der Waals surface area (Å²) in [6.45, 7) is 8.22. The molecular weight excluding hydrogens is 283 g/mol. The maximum atomic E-state index is 13.6. The summed E-state index contributed by atoms with van der Waals surface area (Å²) in [7, 11) is 2.11. The van der Waals surface area contributed by atoms with Crippen LogP contribution in [-0.2, 0) is 6.54 Å². The topological polar surface area (TPSA) is 15.3 Å². The summed E-state index contributed by atoms with van der Waals surface area (Å²) in [5.41, 5.74) is 2.17. The Morgan fingerprint density at radius 3 is 2.62 bits per heavy atom. The summed E-state index contributed by atoms with van der Waals surface area (Å²) in [6.07, 6.45) is 3.22. The minimum atomic E-state index is -0.161. The highest BCUT2D eigenvalue weighted by molar-refractivity contribution is 7.98. The van der Waals surface area contributed by atoms with Crippen LogP contribution in [0.2, 0.25) is 0 Å². The second-order valence-electron chi connectivity index (χ2n) is 5.93. The van der Waals surface area contributed by atoms with Gasteiger partial charge in [0.1, 0.15) is 5.82 Å². The molecule has 2 nitrogen and oxygen atoms in total. The van der Waals surface area contributed by atoms with Gasteiger partial charge in [-0.25, -0.2) is 4.39 Å². The molecule has 0 aliphatic heterocycles. The normalized spacial score (nSPS) is 12.7. The highest BCUT2D eigenvalue weighted by atomic mass is 32.2. The quantitative estimate of drug-likeness (QED) is 0.737. The Labute approximate surface area is 133 Å². The van der Waals surface area contributed by atoms with Gasteiger partial charge in [-0.15, -0.1) is 0 Å². The van der Waals surface area contributed by atoms with Crippen molar-refractivity contribution in [3.05, 3.63) is 29.6 Å². The van der Waals surface area contributed by atoms with E-state index in [1.807, 2.05) is 17.8 Å². The van der Waals surface area contributed by atoms with Gasteiger partial charge in [-0.05, 0) is 48.9 Å². The molecule has 0 bridgehead atoms. The van der Waals surface area contributed by atoms with Crippen LogP contribution >= 0.6 is 11.8 Å². The lowest BCUT2D eigenvalue weighted by atomic mass is 10.1. The van der Waals surface area contributed by atoms with E-state index in [0.29, 0.717) is 18.5 Å². The largest absolute Gasteiger partial charge is 0.371 e. The van der Waals surface area contributed by atoms with Gasteiger partial charge in [0.25, 0.3) is 0 Å². The van der Waals surface area contributed by atoms with E-state index in [0.717, 1.165) is 30.0 Å². The summed E-state index contributed by atoms with van der Waals surface area (Å²) in [6, 6.07) is 5.61. The number of hydrogen-bond donors (Lipinski definition) is 1. The number of nitrogens with one attached hydrogen (secondary N) is 1. The fourth-order valence-corrected chi connectivity index (χ4v) is 3.27. The van der Waals surface area contributed by atoms with Gasteiger partial charge in [-0.2, -0.15) is 11.8 Å². The van der Waals surface area contributed by atoms with Crippen molar-refractivity contribution in [3.8, 4) is 0 Å². The van der Waals surface area contributed by atoms with Crippen LogP contribution in [0.4, 0.5) is 10.1 Å². The first-order valence-electron chi connectivity index (χ1n) is 7.70. The number of anilines is 1. The van der Waals surface area contributed by atoms with Crippen LogP contribution in [0.3, 0.4) is 0 Å². The van der Waals surface area contributed by atoms with Gasteiger partial charge in [0.05, 0.1) is 0 Å². The molecule has 0 fully saturated rings. The molecule has 0 heterocycles. The summed E-state index contributed by atoms with van der Waals surface area (Å²) in [5, 5.41) is 3.41. The number of nitrogens with zero attached hydrogens (tertiary/aromatic N) is 1. The van der Waals surface area contributed by atoms with Crippen molar-refractivity contribution in [3.63, 3.8) is 0 Å². The lowest BCUT2D eigenvalue weighted by Gasteiger charge is -2.31. The minimum Gasteiger partial charge on any atom is -0.371 e. The van der Waals surface area contributed by atoms with E-state index in [1.54, 1.807) is 12.1 Å². The van der Waals surface area contributed by atoms with Gasteiger partial charge < -0.3 is 10.2 Å². The SMILES string of the molecule is CCC(CSC)N(C)c1ccc(F)cc1CNCC(C)C. The molecule has 21 heavy (non-hydrogen) atoms. The van der Waals surface area contributed by atoms with E-state index in [-0.39, 0.29) is 5.82 Å². The van der Waals surface area contributed by atoms with Gasteiger partial charge in [-0.1, -0.05) is 20.8 Å². The van der Waals surface area contributed by atoms with Crippen LogP contribution in [-0.4, -0.2) is 31.6 Å².